The number of hydrogen-bond acceptors (Lipinski definition) is 3. The van der Waals surface area contributed by atoms with Crippen molar-refractivity contribution in [3.63, 3.8) is 0 Å². The van der Waals surface area contributed by atoms with Crippen LogP contribution < -0.4 is 5.32 Å². The fraction of sp³-hybridized carbons (Fsp3) is 0.467. The molecule has 0 bridgehead atoms. The van der Waals surface area contributed by atoms with Crippen LogP contribution >= 0.6 is 12.2 Å². The molecular weight excluding hydrogens is 270 g/mol. The van der Waals surface area contributed by atoms with Gasteiger partial charge in [0.25, 0.3) is 5.91 Å². The van der Waals surface area contributed by atoms with Gasteiger partial charge < -0.3 is 15.1 Å². The molecule has 0 saturated carbocycles. The van der Waals surface area contributed by atoms with Gasteiger partial charge in [-0.2, -0.15) is 0 Å². The summed E-state index contributed by atoms with van der Waals surface area (Å²) in [6.45, 7) is 5.51. The predicted molar refractivity (Wildman–Crippen MR) is 84.7 cm³/mol. The largest absolute Gasteiger partial charge is 0.356 e. The summed E-state index contributed by atoms with van der Waals surface area (Å²) in [5.74, 6) is -0.152. The molecule has 1 aliphatic heterocycles. The number of piperazine rings is 1. The van der Waals surface area contributed by atoms with Crippen LogP contribution in [0.4, 0.5) is 0 Å². The summed E-state index contributed by atoms with van der Waals surface area (Å²) in [5.41, 5.74) is 1.09. The normalized spacial score (nSPS) is 17.6. The number of amides is 1. The second kappa shape index (κ2) is 6.81. The summed E-state index contributed by atoms with van der Waals surface area (Å²) in [6.07, 6.45) is 0. The van der Waals surface area contributed by atoms with E-state index >= 15 is 0 Å². The first-order chi connectivity index (χ1) is 9.58. The van der Waals surface area contributed by atoms with Gasteiger partial charge in [-0.15, -0.1) is 0 Å². The molecule has 1 amide bonds. The minimum Gasteiger partial charge on any atom is -0.356 e. The Morgan fingerprint density at radius 2 is 1.80 bits per heavy atom. The Morgan fingerprint density at radius 3 is 2.40 bits per heavy atom. The Labute approximate surface area is 125 Å². The van der Waals surface area contributed by atoms with Crippen LogP contribution in [0.2, 0.25) is 0 Å². The number of hydrogen-bond donors (Lipinski definition) is 1. The Balaban J connectivity index is 1.90. The molecule has 2 rings (SSSR count). The summed E-state index contributed by atoms with van der Waals surface area (Å²) >= 11 is 5.30. The molecule has 108 valence electrons. The average molecular weight is 291 g/mol. The molecule has 1 aromatic rings. The van der Waals surface area contributed by atoms with E-state index < -0.39 is 0 Å². The number of carbonyl (C=O) groups is 1. The van der Waals surface area contributed by atoms with Crippen molar-refractivity contribution in [2.75, 3.05) is 33.2 Å². The van der Waals surface area contributed by atoms with Crippen molar-refractivity contribution in [2.45, 2.75) is 13.0 Å². The van der Waals surface area contributed by atoms with Crippen LogP contribution in [0.25, 0.3) is 0 Å². The molecular formula is C15H21N3OS. The number of rotatable bonds is 2. The van der Waals surface area contributed by atoms with Gasteiger partial charge in [0, 0.05) is 26.2 Å². The van der Waals surface area contributed by atoms with Crippen LogP contribution in [0, 0.1) is 0 Å². The molecule has 1 fully saturated rings. The van der Waals surface area contributed by atoms with E-state index in [-0.39, 0.29) is 11.9 Å². The fourth-order valence-electron chi connectivity index (χ4n) is 2.24. The summed E-state index contributed by atoms with van der Waals surface area (Å²) in [6, 6.07) is 9.88. The first-order valence-corrected chi connectivity index (χ1v) is 7.32. The molecule has 0 unspecified atom stereocenters. The number of nitrogens with zero attached hydrogens (tertiary/aromatic N) is 2. The molecule has 4 nitrogen and oxygen atoms in total. The SMILES string of the molecule is C[C@H](NC(=O)C(=S)N1CCN(C)CC1)c1ccccc1. The number of benzene rings is 1. The van der Waals surface area contributed by atoms with Crippen LogP contribution in [0.1, 0.15) is 18.5 Å². The molecule has 20 heavy (non-hydrogen) atoms. The first-order valence-electron chi connectivity index (χ1n) is 6.91. The van der Waals surface area contributed by atoms with Crippen LogP contribution in [-0.4, -0.2) is 53.9 Å². The molecule has 5 heteroatoms. The number of thiocarbonyl (C=S) groups is 1. The van der Waals surface area contributed by atoms with Crippen molar-refractivity contribution >= 4 is 23.1 Å². The van der Waals surface area contributed by atoms with Crippen LogP contribution in [-0.2, 0) is 4.79 Å². The Hall–Kier alpha value is -1.46. The molecule has 0 spiro atoms. The third-order valence-corrected chi connectivity index (χ3v) is 4.08. The lowest BCUT2D eigenvalue weighted by Crippen LogP contribution is -2.51. The van der Waals surface area contributed by atoms with E-state index in [0.29, 0.717) is 4.99 Å². The Kier molecular flexibility index (Phi) is 5.09. The van der Waals surface area contributed by atoms with E-state index in [0.717, 1.165) is 31.7 Å². The van der Waals surface area contributed by atoms with Crippen molar-refractivity contribution in [1.29, 1.82) is 0 Å². The molecule has 1 aliphatic rings. The maximum absolute atomic E-state index is 12.2. The van der Waals surface area contributed by atoms with Gasteiger partial charge in [0.15, 0.2) is 4.99 Å². The second-order valence-corrected chi connectivity index (χ2v) is 5.59. The van der Waals surface area contributed by atoms with Crippen molar-refractivity contribution in [1.82, 2.24) is 15.1 Å². The lowest BCUT2D eigenvalue weighted by atomic mass is 10.1. The second-order valence-electron chi connectivity index (χ2n) is 5.20. The van der Waals surface area contributed by atoms with E-state index in [9.17, 15) is 4.79 Å². The lowest BCUT2D eigenvalue weighted by molar-refractivity contribution is -0.116. The van der Waals surface area contributed by atoms with Gasteiger partial charge in [0.2, 0.25) is 0 Å². The zero-order valence-electron chi connectivity index (χ0n) is 12.0. The Bertz CT molecular complexity index is 469. The average Bonchev–Trinajstić information content (AvgIpc) is 2.48. The van der Waals surface area contributed by atoms with Gasteiger partial charge in [0.05, 0.1) is 6.04 Å². The molecule has 1 atom stereocenters. The van der Waals surface area contributed by atoms with E-state index in [1.54, 1.807) is 0 Å². The fourth-order valence-corrected chi connectivity index (χ4v) is 2.48. The highest BCUT2D eigenvalue weighted by atomic mass is 32.1. The third kappa shape index (κ3) is 3.77. The summed E-state index contributed by atoms with van der Waals surface area (Å²) in [5, 5.41) is 2.97. The van der Waals surface area contributed by atoms with Gasteiger partial charge in [-0.3, -0.25) is 4.79 Å². The van der Waals surface area contributed by atoms with Crippen molar-refractivity contribution in [3.8, 4) is 0 Å². The highest BCUT2D eigenvalue weighted by Gasteiger charge is 2.22. The Morgan fingerprint density at radius 1 is 1.20 bits per heavy atom. The smallest absolute Gasteiger partial charge is 0.279 e. The highest BCUT2D eigenvalue weighted by molar-refractivity contribution is 7.82. The van der Waals surface area contributed by atoms with Gasteiger partial charge >= 0.3 is 0 Å². The third-order valence-electron chi connectivity index (χ3n) is 3.63. The molecule has 0 aliphatic carbocycles. The molecule has 1 heterocycles. The predicted octanol–water partition coefficient (Wildman–Crippen LogP) is 1.44. The van der Waals surface area contributed by atoms with Crippen molar-refractivity contribution < 1.29 is 4.79 Å². The van der Waals surface area contributed by atoms with E-state index in [2.05, 4.69) is 17.3 Å². The quantitative estimate of drug-likeness (QED) is 0.837. The monoisotopic (exact) mass is 291 g/mol. The summed E-state index contributed by atoms with van der Waals surface area (Å²) in [4.78, 5) is 16.8. The van der Waals surface area contributed by atoms with Gasteiger partial charge in [-0.1, -0.05) is 42.5 Å². The maximum Gasteiger partial charge on any atom is 0.279 e. The van der Waals surface area contributed by atoms with Gasteiger partial charge in [-0.05, 0) is 19.5 Å². The summed E-state index contributed by atoms with van der Waals surface area (Å²) < 4.78 is 0. The molecule has 0 radical (unpaired) electrons. The molecule has 1 N–H and O–H groups in total. The lowest BCUT2D eigenvalue weighted by Gasteiger charge is -2.33. The number of nitrogens with one attached hydrogen (secondary N) is 1. The van der Waals surface area contributed by atoms with Gasteiger partial charge in [-0.25, -0.2) is 0 Å². The van der Waals surface area contributed by atoms with Crippen molar-refractivity contribution in [2.24, 2.45) is 0 Å². The highest BCUT2D eigenvalue weighted by Crippen LogP contribution is 2.11. The van der Waals surface area contributed by atoms with Crippen LogP contribution in [0.3, 0.4) is 0 Å². The zero-order chi connectivity index (χ0) is 14.5. The maximum atomic E-state index is 12.2. The zero-order valence-corrected chi connectivity index (χ0v) is 12.8. The topological polar surface area (TPSA) is 35.6 Å². The minimum absolute atomic E-state index is 0.0332. The van der Waals surface area contributed by atoms with E-state index in [1.807, 2.05) is 42.2 Å². The molecule has 1 saturated heterocycles. The standard InChI is InChI=1S/C15H21N3OS/c1-12(13-6-4-3-5-7-13)16-14(19)15(20)18-10-8-17(2)9-11-18/h3-7,12H,8-11H2,1-2H3,(H,16,19)/t12-/m0/s1. The van der Waals surface area contributed by atoms with Crippen molar-refractivity contribution in [3.05, 3.63) is 35.9 Å². The number of carbonyl (C=O) groups excluding carboxylic acids is 1. The van der Waals surface area contributed by atoms with E-state index in [1.165, 1.54) is 0 Å². The van der Waals surface area contributed by atoms with Crippen LogP contribution in [0.15, 0.2) is 30.3 Å². The van der Waals surface area contributed by atoms with Gasteiger partial charge in [0.1, 0.15) is 0 Å². The molecule has 0 aromatic heterocycles. The van der Waals surface area contributed by atoms with E-state index in [4.69, 9.17) is 12.2 Å². The number of likely N-dealkylation sites (N-methyl/N-ethyl adjacent to an activating group) is 1. The molecule has 1 aromatic carbocycles. The minimum atomic E-state index is -0.152. The summed E-state index contributed by atoms with van der Waals surface area (Å²) in [7, 11) is 2.08. The first kappa shape index (κ1) is 14.9. The van der Waals surface area contributed by atoms with Crippen LogP contribution in [0.5, 0.6) is 0 Å².